The van der Waals surface area contributed by atoms with Crippen LogP contribution in [-0.2, 0) is 0 Å². The average Bonchev–Trinajstić information content (AvgIpc) is 2.86. The SMILES string of the molecule is CC(Nc1cc2c(cc1Br)OCCO2)c1cc(Br)cs1. The third kappa shape index (κ3) is 2.97. The molecule has 0 bridgehead atoms. The molecular weight excluding hydrogens is 406 g/mol. The quantitative estimate of drug-likeness (QED) is 0.741. The van der Waals surface area contributed by atoms with Crippen molar-refractivity contribution in [3.63, 3.8) is 0 Å². The molecule has 2 heterocycles. The highest BCUT2D eigenvalue weighted by atomic mass is 79.9. The number of benzene rings is 1. The molecule has 0 radical (unpaired) electrons. The van der Waals surface area contributed by atoms with E-state index in [2.05, 4.69) is 55.5 Å². The van der Waals surface area contributed by atoms with Crippen LogP contribution in [-0.4, -0.2) is 13.2 Å². The Hall–Kier alpha value is -0.720. The molecule has 0 spiro atoms. The Morgan fingerprint density at radius 2 is 1.85 bits per heavy atom. The molecule has 1 atom stereocenters. The molecule has 1 N–H and O–H groups in total. The van der Waals surface area contributed by atoms with Gasteiger partial charge in [-0.15, -0.1) is 11.3 Å². The van der Waals surface area contributed by atoms with Crippen LogP contribution in [0.3, 0.4) is 0 Å². The third-order valence-corrected chi connectivity index (χ3v) is 5.55. The van der Waals surface area contributed by atoms with E-state index in [0.717, 1.165) is 26.1 Å². The Balaban J connectivity index is 1.83. The van der Waals surface area contributed by atoms with Crippen molar-refractivity contribution in [1.29, 1.82) is 0 Å². The van der Waals surface area contributed by atoms with Crippen molar-refractivity contribution in [3.05, 3.63) is 37.4 Å². The number of anilines is 1. The molecule has 0 aliphatic carbocycles. The molecule has 1 aliphatic heterocycles. The van der Waals surface area contributed by atoms with Gasteiger partial charge >= 0.3 is 0 Å². The van der Waals surface area contributed by atoms with Gasteiger partial charge in [-0.3, -0.25) is 0 Å². The maximum Gasteiger partial charge on any atom is 0.163 e. The predicted octanol–water partition coefficient (Wildman–Crippen LogP) is 5.22. The van der Waals surface area contributed by atoms with E-state index in [0.29, 0.717) is 13.2 Å². The second kappa shape index (κ2) is 5.95. The van der Waals surface area contributed by atoms with Gasteiger partial charge in [-0.05, 0) is 44.8 Å². The predicted molar refractivity (Wildman–Crippen MR) is 89.2 cm³/mol. The molecule has 6 heteroatoms. The van der Waals surface area contributed by atoms with Crippen LogP contribution >= 0.6 is 43.2 Å². The first-order valence-electron chi connectivity index (χ1n) is 6.23. The molecule has 0 saturated carbocycles. The fourth-order valence-corrected chi connectivity index (χ4v) is 3.92. The first-order valence-corrected chi connectivity index (χ1v) is 8.69. The van der Waals surface area contributed by atoms with Gasteiger partial charge in [-0.25, -0.2) is 0 Å². The van der Waals surface area contributed by atoms with Crippen molar-refractivity contribution in [2.24, 2.45) is 0 Å². The van der Waals surface area contributed by atoms with E-state index in [9.17, 15) is 0 Å². The van der Waals surface area contributed by atoms with Gasteiger partial charge in [0.05, 0.1) is 11.7 Å². The molecule has 0 amide bonds. The van der Waals surface area contributed by atoms with Crippen LogP contribution in [0.4, 0.5) is 5.69 Å². The molecule has 3 rings (SSSR count). The molecule has 3 nitrogen and oxygen atoms in total. The number of hydrogen-bond donors (Lipinski definition) is 1. The first-order chi connectivity index (χ1) is 9.63. The van der Waals surface area contributed by atoms with Gasteiger partial charge in [0, 0.05) is 31.3 Å². The van der Waals surface area contributed by atoms with Crippen molar-refractivity contribution in [2.75, 3.05) is 18.5 Å². The van der Waals surface area contributed by atoms with Crippen molar-refractivity contribution < 1.29 is 9.47 Å². The Morgan fingerprint density at radius 3 is 2.50 bits per heavy atom. The molecule has 1 aromatic carbocycles. The summed E-state index contributed by atoms with van der Waals surface area (Å²) in [5.41, 5.74) is 1.01. The van der Waals surface area contributed by atoms with Gasteiger partial charge in [-0.1, -0.05) is 0 Å². The number of fused-ring (bicyclic) bond motifs is 1. The molecule has 1 aromatic heterocycles. The number of halogens is 2. The van der Waals surface area contributed by atoms with Crippen molar-refractivity contribution >= 4 is 48.9 Å². The maximum absolute atomic E-state index is 5.62. The number of rotatable bonds is 3. The average molecular weight is 419 g/mol. The lowest BCUT2D eigenvalue weighted by atomic mass is 10.2. The standard InChI is InChI=1S/C14H13Br2NO2S/c1-8(14-4-9(15)7-20-14)17-11-6-13-12(5-10(11)16)18-2-3-19-13/h4-8,17H,2-3H2,1H3. The fraction of sp³-hybridized carbons (Fsp3) is 0.286. The second-order valence-electron chi connectivity index (χ2n) is 4.51. The molecule has 0 saturated heterocycles. The summed E-state index contributed by atoms with van der Waals surface area (Å²) >= 11 is 8.80. The van der Waals surface area contributed by atoms with Gasteiger partial charge in [0.2, 0.25) is 0 Å². The molecule has 1 aliphatic rings. The molecule has 1 unspecified atom stereocenters. The minimum atomic E-state index is 0.227. The van der Waals surface area contributed by atoms with Gasteiger partial charge in [0.1, 0.15) is 13.2 Å². The smallest absolute Gasteiger partial charge is 0.163 e. The first kappa shape index (κ1) is 14.2. The summed E-state index contributed by atoms with van der Waals surface area (Å²) in [5, 5.41) is 5.59. The lowest BCUT2D eigenvalue weighted by Crippen LogP contribution is -2.16. The summed E-state index contributed by atoms with van der Waals surface area (Å²) in [6.45, 7) is 3.34. The Kier molecular flexibility index (Phi) is 4.23. The van der Waals surface area contributed by atoms with Crippen LogP contribution < -0.4 is 14.8 Å². The topological polar surface area (TPSA) is 30.5 Å². The van der Waals surface area contributed by atoms with Crippen LogP contribution in [0.15, 0.2) is 32.5 Å². The highest BCUT2D eigenvalue weighted by Crippen LogP contribution is 2.39. The summed E-state index contributed by atoms with van der Waals surface area (Å²) in [4.78, 5) is 1.28. The third-order valence-electron chi connectivity index (χ3n) is 3.02. The largest absolute Gasteiger partial charge is 0.486 e. The summed E-state index contributed by atoms with van der Waals surface area (Å²) in [6.07, 6.45) is 0. The summed E-state index contributed by atoms with van der Waals surface area (Å²) < 4.78 is 13.3. The van der Waals surface area contributed by atoms with E-state index in [1.54, 1.807) is 11.3 Å². The van der Waals surface area contributed by atoms with Crippen LogP contribution in [0.2, 0.25) is 0 Å². The highest BCUT2D eigenvalue weighted by molar-refractivity contribution is 9.10. The van der Waals surface area contributed by atoms with Gasteiger partial charge in [0.25, 0.3) is 0 Å². The van der Waals surface area contributed by atoms with Gasteiger partial charge < -0.3 is 14.8 Å². The number of nitrogens with one attached hydrogen (secondary N) is 1. The lowest BCUT2D eigenvalue weighted by molar-refractivity contribution is 0.171. The molecule has 2 aromatic rings. The molecule has 0 fully saturated rings. The van der Waals surface area contributed by atoms with Crippen LogP contribution in [0.5, 0.6) is 11.5 Å². The maximum atomic E-state index is 5.62. The van der Waals surface area contributed by atoms with E-state index >= 15 is 0 Å². The minimum absolute atomic E-state index is 0.227. The second-order valence-corrected chi connectivity index (χ2v) is 7.22. The van der Waals surface area contributed by atoms with Gasteiger partial charge in [0.15, 0.2) is 11.5 Å². The number of thiophene rings is 1. The van der Waals surface area contributed by atoms with E-state index in [1.807, 2.05) is 12.1 Å². The zero-order valence-corrected chi connectivity index (χ0v) is 14.8. The van der Waals surface area contributed by atoms with Crippen LogP contribution in [0, 0.1) is 0 Å². The van der Waals surface area contributed by atoms with Gasteiger partial charge in [-0.2, -0.15) is 0 Å². The fourth-order valence-electron chi connectivity index (χ4n) is 2.03. The zero-order chi connectivity index (χ0) is 14.1. The Morgan fingerprint density at radius 1 is 1.15 bits per heavy atom. The molecule has 20 heavy (non-hydrogen) atoms. The Bertz CT molecular complexity index is 630. The van der Waals surface area contributed by atoms with E-state index in [-0.39, 0.29) is 6.04 Å². The zero-order valence-electron chi connectivity index (χ0n) is 10.8. The monoisotopic (exact) mass is 417 g/mol. The molecule has 106 valence electrons. The van der Waals surface area contributed by atoms with E-state index in [1.165, 1.54) is 4.88 Å². The highest BCUT2D eigenvalue weighted by Gasteiger charge is 2.16. The number of ether oxygens (including phenoxy) is 2. The van der Waals surface area contributed by atoms with Crippen molar-refractivity contribution in [2.45, 2.75) is 13.0 Å². The van der Waals surface area contributed by atoms with Crippen LogP contribution in [0.1, 0.15) is 17.8 Å². The van der Waals surface area contributed by atoms with E-state index in [4.69, 9.17) is 9.47 Å². The van der Waals surface area contributed by atoms with Crippen LogP contribution in [0.25, 0.3) is 0 Å². The summed E-state index contributed by atoms with van der Waals surface area (Å²) in [6, 6.07) is 6.30. The minimum Gasteiger partial charge on any atom is -0.486 e. The van der Waals surface area contributed by atoms with E-state index < -0.39 is 0 Å². The summed E-state index contributed by atoms with van der Waals surface area (Å²) in [7, 11) is 0. The summed E-state index contributed by atoms with van der Waals surface area (Å²) in [5.74, 6) is 1.58. The number of hydrogen-bond acceptors (Lipinski definition) is 4. The lowest BCUT2D eigenvalue weighted by Gasteiger charge is -2.21. The molecular formula is C14H13Br2NO2S. The van der Waals surface area contributed by atoms with Crippen molar-refractivity contribution in [3.8, 4) is 11.5 Å². The Labute approximate surface area is 138 Å². The van der Waals surface area contributed by atoms with Crippen molar-refractivity contribution in [1.82, 2.24) is 0 Å². The normalized spacial score (nSPS) is 14.9.